The number of hydrazone groups is 1. The number of nitrogens with zero attached hydrogens (tertiary/aromatic N) is 1. The molecule has 136 valence electrons. The van der Waals surface area contributed by atoms with Gasteiger partial charge in [0.15, 0.2) is 11.5 Å². The molecule has 0 aromatic heterocycles. The fourth-order valence-electron chi connectivity index (χ4n) is 2.06. The summed E-state index contributed by atoms with van der Waals surface area (Å²) in [7, 11) is 2.85. The van der Waals surface area contributed by atoms with E-state index in [-0.39, 0.29) is 23.0 Å². The second kappa shape index (κ2) is 8.52. The van der Waals surface area contributed by atoms with Crippen LogP contribution in [-0.4, -0.2) is 37.4 Å². The van der Waals surface area contributed by atoms with Crippen LogP contribution in [0.5, 0.6) is 23.0 Å². The number of phenolic OH excluding ortho intramolecular Hbond substituents is 1. The molecule has 0 saturated heterocycles. The molecular weight excluding hydrogens is 340 g/mol. The highest BCUT2D eigenvalue weighted by molar-refractivity contribution is 5.95. The predicted molar refractivity (Wildman–Crippen MR) is 94.0 cm³/mol. The van der Waals surface area contributed by atoms with E-state index in [4.69, 9.17) is 14.2 Å². The number of hydrogen-bond donors (Lipinski definition) is 2. The van der Waals surface area contributed by atoms with Crippen molar-refractivity contribution in [3.8, 4) is 23.0 Å². The molecule has 2 N–H and O–H groups in total. The zero-order chi connectivity index (χ0) is 19.1. The summed E-state index contributed by atoms with van der Waals surface area (Å²) in [5.41, 5.74) is 3.27. The lowest BCUT2D eigenvalue weighted by atomic mass is 10.2. The summed E-state index contributed by atoms with van der Waals surface area (Å²) in [6.07, 6.45) is 1.39. The first-order valence-corrected chi connectivity index (χ1v) is 7.51. The first-order chi connectivity index (χ1) is 12.4. The normalized spacial score (nSPS) is 10.4. The number of esters is 1. The van der Waals surface area contributed by atoms with Gasteiger partial charge in [0, 0.05) is 18.1 Å². The van der Waals surface area contributed by atoms with E-state index in [1.807, 2.05) is 0 Å². The van der Waals surface area contributed by atoms with Crippen molar-refractivity contribution >= 4 is 18.1 Å². The average Bonchev–Trinajstić information content (AvgIpc) is 2.62. The number of hydrogen-bond acceptors (Lipinski definition) is 7. The molecule has 8 heteroatoms. The van der Waals surface area contributed by atoms with E-state index < -0.39 is 11.9 Å². The van der Waals surface area contributed by atoms with Crippen molar-refractivity contribution in [1.29, 1.82) is 0 Å². The second-order valence-electron chi connectivity index (χ2n) is 5.09. The summed E-state index contributed by atoms with van der Waals surface area (Å²) in [6.45, 7) is 1.27. The monoisotopic (exact) mass is 358 g/mol. The molecule has 2 rings (SSSR count). The van der Waals surface area contributed by atoms with Crippen molar-refractivity contribution in [2.45, 2.75) is 6.92 Å². The van der Waals surface area contributed by atoms with E-state index in [9.17, 15) is 14.7 Å². The fourth-order valence-corrected chi connectivity index (χ4v) is 2.06. The standard InChI is InChI=1S/C18H18N2O6/c1-11(21)26-17-15(24-2)8-12(9-16(17)25-3)10-19-20-18(23)13-4-6-14(22)7-5-13/h4-10,22H,1-3H3,(H,20,23)/b19-10-. The topological polar surface area (TPSA) is 106 Å². The van der Waals surface area contributed by atoms with E-state index >= 15 is 0 Å². The number of methoxy groups -OCH3 is 2. The number of aromatic hydroxyl groups is 1. The molecule has 0 spiro atoms. The third-order valence-electron chi connectivity index (χ3n) is 3.24. The SMILES string of the molecule is COc1cc(/C=N\NC(=O)c2ccc(O)cc2)cc(OC)c1OC(C)=O. The maximum atomic E-state index is 12.0. The van der Waals surface area contributed by atoms with Gasteiger partial charge in [-0.05, 0) is 36.4 Å². The molecule has 26 heavy (non-hydrogen) atoms. The van der Waals surface area contributed by atoms with Crippen LogP contribution >= 0.6 is 0 Å². The van der Waals surface area contributed by atoms with Gasteiger partial charge in [-0.1, -0.05) is 0 Å². The summed E-state index contributed by atoms with van der Waals surface area (Å²) in [5.74, 6) is -0.150. The molecule has 0 aliphatic carbocycles. The molecular formula is C18H18N2O6. The highest BCUT2D eigenvalue weighted by Crippen LogP contribution is 2.38. The van der Waals surface area contributed by atoms with Crippen molar-refractivity contribution in [2.24, 2.45) is 5.10 Å². The van der Waals surface area contributed by atoms with Gasteiger partial charge in [0.05, 0.1) is 20.4 Å². The van der Waals surface area contributed by atoms with Gasteiger partial charge in [-0.15, -0.1) is 0 Å². The molecule has 0 unspecified atom stereocenters. The van der Waals surface area contributed by atoms with Crippen molar-refractivity contribution in [3.63, 3.8) is 0 Å². The number of ether oxygens (including phenoxy) is 3. The minimum absolute atomic E-state index is 0.0668. The quantitative estimate of drug-likeness (QED) is 0.354. The highest BCUT2D eigenvalue weighted by atomic mass is 16.6. The van der Waals surface area contributed by atoms with Gasteiger partial charge < -0.3 is 19.3 Å². The molecule has 0 aliphatic heterocycles. The van der Waals surface area contributed by atoms with Gasteiger partial charge >= 0.3 is 5.97 Å². The Morgan fingerprint density at radius 1 is 1.08 bits per heavy atom. The summed E-state index contributed by atoms with van der Waals surface area (Å²) in [6, 6.07) is 8.92. The average molecular weight is 358 g/mol. The van der Waals surface area contributed by atoms with Crippen molar-refractivity contribution in [1.82, 2.24) is 5.43 Å². The molecule has 0 aliphatic rings. The van der Waals surface area contributed by atoms with Crippen LogP contribution in [0, 0.1) is 0 Å². The van der Waals surface area contributed by atoms with Gasteiger partial charge in [0.2, 0.25) is 5.75 Å². The molecule has 2 aromatic rings. The number of amides is 1. The van der Waals surface area contributed by atoms with Crippen LogP contribution in [0.25, 0.3) is 0 Å². The Balaban J connectivity index is 2.17. The number of carbonyl (C=O) groups excluding carboxylic acids is 2. The molecule has 1 amide bonds. The molecule has 0 bridgehead atoms. The maximum absolute atomic E-state index is 12.0. The van der Waals surface area contributed by atoms with Gasteiger partial charge in [0.25, 0.3) is 5.91 Å². The second-order valence-corrected chi connectivity index (χ2v) is 5.09. The van der Waals surface area contributed by atoms with Gasteiger partial charge in [-0.3, -0.25) is 9.59 Å². The fraction of sp³-hybridized carbons (Fsp3) is 0.167. The minimum atomic E-state index is -0.510. The highest BCUT2D eigenvalue weighted by Gasteiger charge is 2.15. The number of benzene rings is 2. The van der Waals surface area contributed by atoms with E-state index in [1.165, 1.54) is 51.6 Å². The summed E-state index contributed by atoms with van der Waals surface area (Å²) in [4.78, 5) is 23.2. The van der Waals surface area contributed by atoms with E-state index in [0.717, 1.165) is 0 Å². The van der Waals surface area contributed by atoms with Crippen LogP contribution < -0.4 is 19.6 Å². The first-order valence-electron chi connectivity index (χ1n) is 7.51. The van der Waals surface area contributed by atoms with Crippen LogP contribution in [-0.2, 0) is 4.79 Å². The largest absolute Gasteiger partial charge is 0.508 e. The Labute approximate surface area is 150 Å². The van der Waals surface area contributed by atoms with Crippen LogP contribution in [0.3, 0.4) is 0 Å². The number of phenols is 1. The molecule has 2 aromatic carbocycles. The molecule has 0 saturated carbocycles. The minimum Gasteiger partial charge on any atom is -0.508 e. The van der Waals surface area contributed by atoms with Crippen molar-refractivity contribution in [2.75, 3.05) is 14.2 Å². The first kappa shape index (κ1) is 18.8. The van der Waals surface area contributed by atoms with Crippen LogP contribution in [0.15, 0.2) is 41.5 Å². The zero-order valence-corrected chi connectivity index (χ0v) is 14.5. The van der Waals surface area contributed by atoms with E-state index in [1.54, 1.807) is 12.1 Å². The lowest BCUT2D eigenvalue weighted by Crippen LogP contribution is -2.17. The molecule has 0 atom stereocenters. The molecule has 8 nitrogen and oxygen atoms in total. The summed E-state index contributed by atoms with van der Waals surface area (Å²) < 4.78 is 15.5. The molecule has 0 heterocycles. The van der Waals surface area contributed by atoms with Crippen LogP contribution in [0.1, 0.15) is 22.8 Å². The smallest absolute Gasteiger partial charge is 0.308 e. The molecule has 0 fully saturated rings. The van der Waals surface area contributed by atoms with Gasteiger partial charge in [0.1, 0.15) is 5.75 Å². The third-order valence-corrected chi connectivity index (χ3v) is 3.24. The van der Waals surface area contributed by atoms with E-state index in [2.05, 4.69) is 10.5 Å². The number of rotatable bonds is 6. The maximum Gasteiger partial charge on any atom is 0.308 e. The van der Waals surface area contributed by atoms with E-state index in [0.29, 0.717) is 11.1 Å². The molecule has 0 radical (unpaired) electrons. The van der Waals surface area contributed by atoms with Gasteiger partial charge in [-0.25, -0.2) is 5.43 Å². The predicted octanol–water partition coefficient (Wildman–Crippen LogP) is 2.10. The third kappa shape index (κ3) is 4.73. The Hall–Kier alpha value is -3.55. The van der Waals surface area contributed by atoms with Crippen molar-refractivity contribution in [3.05, 3.63) is 47.5 Å². The summed E-state index contributed by atoms with van der Waals surface area (Å²) in [5, 5.41) is 13.1. The Morgan fingerprint density at radius 2 is 1.65 bits per heavy atom. The number of nitrogens with one attached hydrogen (secondary N) is 1. The lowest BCUT2D eigenvalue weighted by molar-refractivity contribution is -0.132. The summed E-state index contributed by atoms with van der Waals surface area (Å²) >= 11 is 0. The van der Waals surface area contributed by atoms with Gasteiger partial charge in [-0.2, -0.15) is 5.10 Å². The zero-order valence-electron chi connectivity index (χ0n) is 14.5. The van der Waals surface area contributed by atoms with Crippen LogP contribution in [0.2, 0.25) is 0 Å². The Bertz CT molecular complexity index is 805. The lowest BCUT2D eigenvalue weighted by Gasteiger charge is -2.13. The Kier molecular flexibility index (Phi) is 6.15. The van der Waals surface area contributed by atoms with Crippen molar-refractivity contribution < 1.29 is 28.9 Å². The van der Waals surface area contributed by atoms with Crippen LogP contribution in [0.4, 0.5) is 0 Å². The number of carbonyl (C=O) groups is 2. The Morgan fingerprint density at radius 3 is 2.15 bits per heavy atom.